The molecule has 0 spiro atoms. The van der Waals surface area contributed by atoms with Crippen LogP contribution in [0.25, 0.3) is 0 Å². The van der Waals surface area contributed by atoms with Gasteiger partial charge in [0.2, 0.25) is 0 Å². The molecular weight excluding hydrogens is 236 g/mol. The van der Waals surface area contributed by atoms with Crippen molar-refractivity contribution >= 4 is 0 Å². The maximum atomic E-state index is 9.40. The van der Waals surface area contributed by atoms with Crippen molar-refractivity contribution in [2.75, 3.05) is 27.2 Å². The molecule has 2 aliphatic heterocycles. The fourth-order valence-electron chi connectivity index (χ4n) is 4.38. The van der Waals surface area contributed by atoms with Crippen LogP contribution < -0.4 is 5.32 Å². The summed E-state index contributed by atoms with van der Waals surface area (Å²) in [7, 11) is 4.23. The quantitative estimate of drug-likeness (QED) is 0.812. The number of likely N-dealkylation sites (N-methyl/N-ethyl adjacent to an activating group) is 1. The molecule has 2 saturated heterocycles. The fraction of sp³-hybridized carbons (Fsp3) is 0.933. The summed E-state index contributed by atoms with van der Waals surface area (Å²) in [5.41, 5.74) is -0.262. The van der Waals surface area contributed by atoms with Crippen LogP contribution in [-0.2, 0) is 0 Å². The molecule has 0 aromatic heterocycles. The first-order valence-corrected chi connectivity index (χ1v) is 7.73. The Kier molecular flexibility index (Phi) is 3.55. The average molecular weight is 262 g/mol. The van der Waals surface area contributed by atoms with E-state index in [1.807, 2.05) is 7.05 Å². The second-order valence-electron chi connectivity index (χ2n) is 6.67. The summed E-state index contributed by atoms with van der Waals surface area (Å²) in [6, 6.07) is 4.67. The monoisotopic (exact) mass is 262 g/mol. The molecule has 1 saturated carbocycles. The first-order valence-electron chi connectivity index (χ1n) is 7.73. The SMILES string of the molecule is CNC1(C#N)CCC(N2CCC3CCC(C2)N3C)C1. The molecule has 2 bridgehead atoms. The van der Waals surface area contributed by atoms with E-state index in [4.69, 9.17) is 0 Å². The minimum atomic E-state index is -0.262. The summed E-state index contributed by atoms with van der Waals surface area (Å²) in [6.45, 7) is 2.43. The summed E-state index contributed by atoms with van der Waals surface area (Å²) in [5.74, 6) is 0. The van der Waals surface area contributed by atoms with Gasteiger partial charge in [0.05, 0.1) is 6.07 Å². The van der Waals surface area contributed by atoms with Crippen molar-refractivity contribution in [1.29, 1.82) is 5.26 Å². The summed E-state index contributed by atoms with van der Waals surface area (Å²) in [4.78, 5) is 5.28. The Balaban J connectivity index is 1.66. The summed E-state index contributed by atoms with van der Waals surface area (Å²) >= 11 is 0. The van der Waals surface area contributed by atoms with E-state index in [0.29, 0.717) is 6.04 Å². The average Bonchev–Trinajstić information content (AvgIpc) is 2.93. The minimum absolute atomic E-state index is 0.262. The van der Waals surface area contributed by atoms with Crippen molar-refractivity contribution in [2.24, 2.45) is 0 Å². The Hall–Kier alpha value is -0.630. The Bertz CT molecular complexity index is 377. The third kappa shape index (κ3) is 2.29. The van der Waals surface area contributed by atoms with Gasteiger partial charge in [0.1, 0.15) is 5.54 Å². The van der Waals surface area contributed by atoms with Gasteiger partial charge in [0, 0.05) is 24.7 Å². The molecule has 2 heterocycles. The van der Waals surface area contributed by atoms with E-state index in [2.05, 4.69) is 28.2 Å². The second-order valence-corrected chi connectivity index (χ2v) is 6.67. The van der Waals surface area contributed by atoms with Gasteiger partial charge < -0.3 is 5.32 Å². The normalized spacial score (nSPS) is 44.2. The van der Waals surface area contributed by atoms with Crippen LogP contribution in [0.1, 0.15) is 38.5 Å². The van der Waals surface area contributed by atoms with Crippen LogP contribution in [0.5, 0.6) is 0 Å². The first-order chi connectivity index (χ1) is 9.17. The zero-order valence-electron chi connectivity index (χ0n) is 12.2. The number of nitrogens with one attached hydrogen (secondary N) is 1. The van der Waals surface area contributed by atoms with E-state index in [-0.39, 0.29) is 5.54 Å². The van der Waals surface area contributed by atoms with Crippen LogP contribution >= 0.6 is 0 Å². The van der Waals surface area contributed by atoms with Crippen LogP contribution in [0.3, 0.4) is 0 Å². The van der Waals surface area contributed by atoms with Crippen molar-refractivity contribution in [3.8, 4) is 6.07 Å². The van der Waals surface area contributed by atoms with Gasteiger partial charge in [-0.2, -0.15) is 5.26 Å². The molecule has 19 heavy (non-hydrogen) atoms. The lowest BCUT2D eigenvalue weighted by atomic mass is 9.99. The lowest BCUT2D eigenvalue weighted by Gasteiger charge is -2.31. The van der Waals surface area contributed by atoms with Crippen LogP contribution in [0.15, 0.2) is 0 Å². The molecule has 0 aromatic carbocycles. The third-order valence-corrected chi connectivity index (χ3v) is 5.88. The van der Waals surface area contributed by atoms with Crippen molar-refractivity contribution in [1.82, 2.24) is 15.1 Å². The van der Waals surface area contributed by atoms with E-state index < -0.39 is 0 Å². The Morgan fingerprint density at radius 3 is 2.63 bits per heavy atom. The lowest BCUT2D eigenvalue weighted by molar-refractivity contribution is 0.169. The first kappa shape index (κ1) is 13.4. The van der Waals surface area contributed by atoms with E-state index >= 15 is 0 Å². The van der Waals surface area contributed by atoms with Gasteiger partial charge in [-0.15, -0.1) is 0 Å². The number of fused-ring (bicyclic) bond motifs is 2. The summed E-state index contributed by atoms with van der Waals surface area (Å²) in [5, 5.41) is 12.7. The summed E-state index contributed by atoms with van der Waals surface area (Å²) in [6.07, 6.45) is 7.24. The molecular formula is C15H26N4. The van der Waals surface area contributed by atoms with Crippen molar-refractivity contribution < 1.29 is 0 Å². The molecule has 1 aliphatic carbocycles. The highest BCUT2D eigenvalue weighted by Gasteiger charge is 2.43. The number of rotatable bonds is 2. The Morgan fingerprint density at radius 1 is 1.16 bits per heavy atom. The largest absolute Gasteiger partial charge is 0.302 e. The van der Waals surface area contributed by atoms with Gasteiger partial charge in [0.25, 0.3) is 0 Å². The predicted molar refractivity (Wildman–Crippen MR) is 75.8 cm³/mol. The van der Waals surface area contributed by atoms with Gasteiger partial charge in [0.15, 0.2) is 0 Å². The van der Waals surface area contributed by atoms with Gasteiger partial charge in [-0.1, -0.05) is 0 Å². The van der Waals surface area contributed by atoms with Gasteiger partial charge >= 0.3 is 0 Å². The molecule has 4 nitrogen and oxygen atoms in total. The van der Waals surface area contributed by atoms with Crippen LogP contribution in [-0.4, -0.2) is 60.6 Å². The van der Waals surface area contributed by atoms with E-state index in [1.54, 1.807) is 0 Å². The van der Waals surface area contributed by atoms with E-state index in [0.717, 1.165) is 24.9 Å². The number of hydrogen-bond donors (Lipinski definition) is 1. The minimum Gasteiger partial charge on any atom is -0.302 e. The topological polar surface area (TPSA) is 42.3 Å². The zero-order valence-corrected chi connectivity index (χ0v) is 12.2. The molecule has 3 aliphatic rings. The molecule has 4 atom stereocenters. The Morgan fingerprint density at radius 2 is 1.95 bits per heavy atom. The molecule has 0 aromatic rings. The lowest BCUT2D eigenvalue weighted by Crippen LogP contribution is -2.44. The van der Waals surface area contributed by atoms with Crippen LogP contribution in [0.4, 0.5) is 0 Å². The maximum Gasteiger partial charge on any atom is 0.108 e. The molecule has 106 valence electrons. The maximum absolute atomic E-state index is 9.40. The molecule has 3 fully saturated rings. The molecule has 4 heteroatoms. The summed E-state index contributed by atoms with van der Waals surface area (Å²) < 4.78 is 0. The number of likely N-dealkylation sites (tertiary alicyclic amines) is 1. The highest BCUT2D eigenvalue weighted by Crippen LogP contribution is 2.36. The number of nitriles is 1. The molecule has 1 N–H and O–H groups in total. The van der Waals surface area contributed by atoms with Crippen molar-refractivity contribution in [3.63, 3.8) is 0 Å². The number of nitrogens with zero attached hydrogens (tertiary/aromatic N) is 3. The van der Waals surface area contributed by atoms with Crippen LogP contribution in [0, 0.1) is 11.3 Å². The zero-order chi connectivity index (χ0) is 13.5. The fourth-order valence-corrected chi connectivity index (χ4v) is 4.38. The number of hydrogen-bond acceptors (Lipinski definition) is 4. The molecule has 3 rings (SSSR count). The van der Waals surface area contributed by atoms with Crippen molar-refractivity contribution in [3.05, 3.63) is 0 Å². The molecule has 4 unspecified atom stereocenters. The van der Waals surface area contributed by atoms with Gasteiger partial charge in [-0.25, -0.2) is 0 Å². The van der Waals surface area contributed by atoms with E-state index in [9.17, 15) is 5.26 Å². The van der Waals surface area contributed by atoms with Crippen molar-refractivity contribution in [2.45, 2.75) is 62.2 Å². The van der Waals surface area contributed by atoms with Crippen LogP contribution in [0.2, 0.25) is 0 Å². The van der Waals surface area contributed by atoms with Gasteiger partial charge in [-0.3, -0.25) is 9.80 Å². The second kappa shape index (κ2) is 5.05. The smallest absolute Gasteiger partial charge is 0.108 e. The van der Waals surface area contributed by atoms with E-state index in [1.165, 1.54) is 38.8 Å². The standard InChI is InChI=1S/C15H26N4/c1-17-15(11-16)7-5-13(9-15)19-8-6-12-3-4-14(10-19)18(12)2/h12-14,17H,3-10H2,1-2H3. The highest BCUT2D eigenvalue weighted by atomic mass is 15.3. The Labute approximate surface area is 116 Å². The third-order valence-electron chi connectivity index (χ3n) is 5.88. The molecule has 0 amide bonds. The van der Waals surface area contributed by atoms with Gasteiger partial charge in [-0.05, 0) is 59.2 Å². The molecule has 0 radical (unpaired) electrons. The highest BCUT2D eigenvalue weighted by molar-refractivity contribution is 5.13. The predicted octanol–water partition coefficient (Wildman–Crippen LogP) is 1.19.